The van der Waals surface area contributed by atoms with Gasteiger partial charge in [-0.2, -0.15) is 0 Å². The van der Waals surface area contributed by atoms with Crippen molar-refractivity contribution >= 4 is 34.2 Å². The zero-order valence-electron chi connectivity index (χ0n) is 14.3. The number of aromatic amines is 1. The predicted molar refractivity (Wildman–Crippen MR) is 102 cm³/mol. The molecule has 0 radical (unpaired) electrons. The Bertz CT molecular complexity index is 969. The SMILES string of the molecule is COc1ccc2nc(CCNC(=O)C3Cc4cc(Cl)ccc4N3)[nH]c2c1. The van der Waals surface area contributed by atoms with Crippen molar-refractivity contribution in [2.75, 3.05) is 19.0 Å². The summed E-state index contributed by atoms with van der Waals surface area (Å²) in [5.74, 6) is 1.60. The largest absolute Gasteiger partial charge is 0.497 e. The molecule has 26 heavy (non-hydrogen) atoms. The maximum atomic E-state index is 12.4. The molecule has 134 valence electrons. The number of ether oxygens (including phenoxy) is 1. The van der Waals surface area contributed by atoms with Crippen LogP contribution in [-0.2, 0) is 17.6 Å². The van der Waals surface area contributed by atoms with Crippen molar-refractivity contribution in [2.45, 2.75) is 18.9 Å². The Labute approximate surface area is 155 Å². The lowest BCUT2D eigenvalue weighted by Crippen LogP contribution is -2.39. The van der Waals surface area contributed by atoms with Crippen molar-refractivity contribution in [3.05, 3.63) is 52.8 Å². The lowest BCUT2D eigenvalue weighted by molar-refractivity contribution is -0.121. The van der Waals surface area contributed by atoms with Gasteiger partial charge >= 0.3 is 0 Å². The number of nitrogens with one attached hydrogen (secondary N) is 3. The second kappa shape index (κ2) is 6.88. The van der Waals surface area contributed by atoms with Crippen molar-refractivity contribution in [3.63, 3.8) is 0 Å². The highest BCUT2D eigenvalue weighted by molar-refractivity contribution is 6.30. The van der Waals surface area contributed by atoms with Gasteiger partial charge in [0.2, 0.25) is 5.91 Å². The van der Waals surface area contributed by atoms with Gasteiger partial charge in [-0.25, -0.2) is 4.98 Å². The number of benzene rings is 2. The third-order valence-corrected chi connectivity index (χ3v) is 4.77. The number of amides is 1. The molecule has 6 nitrogen and oxygen atoms in total. The molecule has 0 fully saturated rings. The van der Waals surface area contributed by atoms with Gasteiger partial charge in [0.25, 0.3) is 0 Å². The molecular formula is C19H19ClN4O2. The summed E-state index contributed by atoms with van der Waals surface area (Å²) in [6, 6.07) is 11.1. The molecule has 2 aromatic carbocycles. The number of hydrogen-bond donors (Lipinski definition) is 3. The van der Waals surface area contributed by atoms with E-state index in [0.29, 0.717) is 24.4 Å². The molecule has 1 aliphatic heterocycles. The first-order valence-corrected chi connectivity index (χ1v) is 8.85. The van der Waals surface area contributed by atoms with Gasteiger partial charge in [0.05, 0.1) is 18.1 Å². The standard InChI is InChI=1S/C19H19ClN4O2/c1-26-13-3-5-15-16(10-13)24-18(23-15)6-7-21-19(25)17-9-11-8-12(20)2-4-14(11)22-17/h2-5,8,10,17,22H,6-7,9H2,1H3,(H,21,25)(H,23,24). The van der Waals surface area contributed by atoms with Crippen molar-refractivity contribution in [1.82, 2.24) is 15.3 Å². The number of carbonyl (C=O) groups excluding carboxylic acids is 1. The van der Waals surface area contributed by atoms with Gasteiger partial charge < -0.3 is 20.4 Å². The summed E-state index contributed by atoms with van der Waals surface area (Å²) in [6.45, 7) is 0.519. The number of fused-ring (bicyclic) bond motifs is 2. The molecule has 1 aromatic heterocycles. The highest BCUT2D eigenvalue weighted by atomic mass is 35.5. The maximum Gasteiger partial charge on any atom is 0.242 e. The van der Waals surface area contributed by atoms with Crippen molar-refractivity contribution in [1.29, 1.82) is 0 Å². The highest BCUT2D eigenvalue weighted by Gasteiger charge is 2.26. The summed E-state index contributed by atoms with van der Waals surface area (Å²) in [4.78, 5) is 20.2. The smallest absolute Gasteiger partial charge is 0.242 e. The summed E-state index contributed by atoms with van der Waals surface area (Å²) < 4.78 is 5.22. The molecular weight excluding hydrogens is 352 g/mol. The first-order chi connectivity index (χ1) is 12.6. The molecule has 0 bridgehead atoms. The minimum absolute atomic E-state index is 0.0184. The Morgan fingerprint density at radius 2 is 2.23 bits per heavy atom. The van der Waals surface area contributed by atoms with Crippen LogP contribution in [0.3, 0.4) is 0 Å². The predicted octanol–water partition coefficient (Wildman–Crippen LogP) is 2.92. The fourth-order valence-electron chi connectivity index (χ4n) is 3.20. The van der Waals surface area contributed by atoms with E-state index in [1.807, 2.05) is 36.4 Å². The fraction of sp³-hybridized carbons (Fsp3) is 0.263. The maximum absolute atomic E-state index is 12.4. The second-order valence-corrected chi connectivity index (χ2v) is 6.75. The molecule has 0 saturated carbocycles. The van der Waals surface area contributed by atoms with Crippen LogP contribution >= 0.6 is 11.6 Å². The molecule has 1 amide bonds. The van der Waals surface area contributed by atoms with Crippen LogP contribution < -0.4 is 15.4 Å². The number of rotatable bonds is 5. The van der Waals surface area contributed by atoms with Crippen LogP contribution in [0.15, 0.2) is 36.4 Å². The minimum atomic E-state index is -0.261. The fourth-order valence-corrected chi connectivity index (χ4v) is 3.40. The van der Waals surface area contributed by atoms with Gasteiger partial charge in [-0.05, 0) is 35.9 Å². The monoisotopic (exact) mass is 370 g/mol. The molecule has 2 heterocycles. The summed E-state index contributed by atoms with van der Waals surface area (Å²) in [5, 5.41) is 6.89. The first kappa shape index (κ1) is 16.7. The van der Waals surface area contributed by atoms with Gasteiger partial charge in [0.15, 0.2) is 0 Å². The first-order valence-electron chi connectivity index (χ1n) is 8.48. The van der Waals surface area contributed by atoms with Crippen molar-refractivity contribution in [3.8, 4) is 5.75 Å². The highest BCUT2D eigenvalue weighted by Crippen LogP contribution is 2.28. The van der Waals surface area contributed by atoms with Gasteiger partial charge in [0, 0.05) is 36.2 Å². The van der Waals surface area contributed by atoms with E-state index in [0.717, 1.165) is 33.9 Å². The molecule has 0 saturated heterocycles. The van der Waals surface area contributed by atoms with E-state index in [-0.39, 0.29) is 11.9 Å². The van der Waals surface area contributed by atoms with Gasteiger partial charge in [-0.15, -0.1) is 0 Å². The van der Waals surface area contributed by atoms with Crippen LogP contribution in [0.5, 0.6) is 5.75 Å². The number of methoxy groups -OCH3 is 1. The van der Waals surface area contributed by atoms with E-state index in [1.165, 1.54) is 0 Å². The molecule has 1 atom stereocenters. The van der Waals surface area contributed by atoms with Crippen LogP contribution in [-0.4, -0.2) is 35.6 Å². The van der Waals surface area contributed by atoms with Crippen LogP contribution in [0, 0.1) is 0 Å². The number of nitrogens with zero attached hydrogens (tertiary/aromatic N) is 1. The summed E-state index contributed by atoms with van der Waals surface area (Å²) in [5.41, 5.74) is 3.86. The molecule has 0 aliphatic carbocycles. The van der Waals surface area contributed by atoms with Crippen molar-refractivity contribution < 1.29 is 9.53 Å². The number of anilines is 1. The average molecular weight is 371 g/mol. The van der Waals surface area contributed by atoms with Crippen LogP contribution in [0.25, 0.3) is 11.0 Å². The van der Waals surface area contributed by atoms with Crippen LogP contribution in [0.4, 0.5) is 5.69 Å². The number of imidazole rings is 1. The molecule has 7 heteroatoms. The summed E-state index contributed by atoms with van der Waals surface area (Å²) in [7, 11) is 1.64. The molecule has 4 rings (SSSR count). The molecule has 3 aromatic rings. The Hall–Kier alpha value is -2.73. The third kappa shape index (κ3) is 3.32. The van der Waals surface area contributed by atoms with E-state index < -0.39 is 0 Å². The Morgan fingerprint density at radius 3 is 3.08 bits per heavy atom. The Kier molecular flexibility index (Phi) is 4.42. The van der Waals surface area contributed by atoms with E-state index in [2.05, 4.69) is 20.6 Å². The number of halogens is 1. The van der Waals surface area contributed by atoms with E-state index in [4.69, 9.17) is 16.3 Å². The summed E-state index contributed by atoms with van der Waals surface area (Å²) >= 11 is 6.01. The average Bonchev–Trinajstić information content (AvgIpc) is 3.23. The van der Waals surface area contributed by atoms with Gasteiger partial charge in [-0.3, -0.25) is 4.79 Å². The second-order valence-electron chi connectivity index (χ2n) is 6.31. The van der Waals surface area contributed by atoms with Crippen molar-refractivity contribution in [2.24, 2.45) is 0 Å². The van der Waals surface area contributed by atoms with Gasteiger partial charge in [-0.1, -0.05) is 11.6 Å². The number of aromatic nitrogens is 2. The van der Waals surface area contributed by atoms with E-state index in [1.54, 1.807) is 7.11 Å². The number of carbonyl (C=O) groups is 1. The Morgan fingerprint density at radius 1 is 1.35 bits per heavy atom. The Balaban J connectivity index is 1.33. The van der Waals surface area contributed by atoms with E-state index >= 15 is 0 Å². The molecule has 3 N–H and O–H groups in total. The number of H-pyrrole nitrogens is 1. The van der Waals surface area contributed by atoms with Gasteiger partial charge in [0.1, 0.15) is 17.6 Å². The lowest BCUT2D eigenvalue weighted by Gasteiger charge is -2.11. The molecule has 0 spiro atoms. The minimum Gasteiger partial charge on any atom is -0.497 e. The van der Waals surface area contributed by atoms with E-state index in [9.17, 15) is 4.79 Å². The zero-order chi connectivity index (χ0) is 18.1. The lowest BCUT2D eigenvalue weighted by atomic mass is 10.1. The number of hydrogen-bond acceptors (Lipinski definition) is 4. The third-order valence-electron chi connectivity index (χ3n) is 4.54. The normalized spacial score (nSPS) is 15.5. The van der Waals surface area contributed by atoms with Crippen LogP contribution in [0.1, 0.15) is 11.4 Å². The topological polar surface area (TPSA) is 79.0 Å². The zero-order valence-corrected chi connectivity index (χ0v) is 15.1. The molecule has 1 unspecified atom stereocenters. The van der Waals surface area contributed by atoms with Crippen LogP contribution in [0.2, 0.25) is 5.02 Å². The summed E-state index contributed by atoms with van der Waals surface area (Å²) in [6.07, 6.45) is 1.28. The molecule has 1 aliphatic rings. The quantitative estimate of drug-likeness (QED) is 0.645.